The van der Waals surface area contributed by atoms with Crippen molar-refractivity contribution in [3.63, 3.8) is 0 Å². The molecule has 2 aliphatic rings. The van der Waals surface area contributed by atoms with Gasteiger partial charge in [-0.1, -0.05) is 53.7 Å². The Kier molecular flexibility index (Phi) is 5.68. The Balaban J connectivity index is 1.24. The molecule has 0 spiro atoms. The van der Waals surface area contributed by atoms with Crippen molar-refractivity contribution in [1.29, 1.82) is 0 Å². The van der Waals surface area contributed by atoms with Gasteiger partial charge in [0, 0.05) is 32.7 Å². The Hall–Kier alpha value is -3.52. The molecule has 0 unspecified atom stereocenters. The standard InChI is InChI=1S/C25H28N6O2/c1-17-8-9-19(14-18(17)2)15-29-10-12-30(13-11-29)25(33)22-23-24(32)26-21(16-31(23)28-27-22)20-6-4-3-5-7-20/h3-9,14,21H,10-13,15-16H2,1-2H3,(H,26,32)/t21-/m1/s1. The monoisotopic (exact) mass is 444 g/mol. The lowest BCUT2D eigenvalue weighted by molar-refractivity contribution is 0.0617. The summed E-state index contributed by atoms with van der Waals surface area (Å²) in [6.07, 6.45) is 0. The van der Waals surface area contributed by atoms with Crippen LogP contribution in [0.1, 0.15) is 49.3 Å². The van der Waals surface area contributed by atoms with Crippen molar-refractivity contribution in [3.8, 4) is 0 Å². The van der Waals surface area contributed by atoms with Crippen LogP contribution in [0.15, 0.2) is 48.5 Å². The lowest BCUT2D eigenvalue weighted by atomic mass is 10.0. The molecule has 1 aromatic heterocycles. The number of amides is 2. The van der Waals surface area contributed by atoms with Crippen molar-refractivity contribution in [3.05, 3.63) is 82.2 Å². The van der Waals surface area contributed by atoms with Gasteiger partial charge in [0.25, 0.3) is 11.8 Å². The quantitative estimate of drug-likeness (QED) is 0.668. The number of carbonyl (C=O) groups is 2. The fourth-order valence-electron chi connectivity index (χ4n) is 4.55. The van der Waals surface area contributed by atoms with Crippen LogP contribution in [-0.2, 0) is 13.1 Å². The minimum Gasteiger partial charge on any atom is -0.342 e. The van der Waals surface area contributed by atoms with Crippen LogP contribution in [-0.4, -0.2) is 62.8 Å². The van der Waals surface area contributed by atoms with Crippen LogP contribution in [0.25, 0.3) is 0 Å². The third kappa shape index (κ3) is 4.26. The summed E-state index contributed by atoms with van der Waals surface area (Å²) in [4.78, 5) is 30.2. The fourth-order valence-corrected chi connectivity index (χ4v) is 4.55. The molecule has 170 valence electrons. The summed E-state index contributed by atoms with van der Waals surface area (Å²) >= 11 is 0. The molecular formula is C25H28N6O2. The molecule has 8 heteroatoms. The van der Waals surface area contributed by atoms with Crippen LogP contribution < -0.4 is 5.32 Å². The smallest absolute Gasteiger partial charge is 0.276 e. The van der Waals surface area contributed by atoms with E-state index in [2.05, 4.69) is 52.6 Å². The molecule has 3 heterocycles. The minimum atomic E-state index is -0.308. The van der Waals surface area contributed by atoms with Crippen molar-refractivity contribution in [1.82, 2.24) is 30.1 Å². The summed E-state index contributed by atoms with van der Waals surface area (Å²) in [7, 11) is 0. The highest BCUT2D eigenvalue weighted by Crippen LogP contribution is 2.23. The number of benzene rings is 2. The number of nitrogens with one attached hydrogen (secondary N) is 1. The molecule has 1 saturated heterocycles. The Bertz CT molecular complexity index is 1180. The number of fused-ring (bicyclic) bond motifs is 1. The molecule has 33 heavy (non-hydrogen) atoms. The lowest BCUT2D eigenvalue weighted by Crippen LogP contribution is -2.49. The van der Waals surface area contributed by atoms with Crippen LogP contribution in [0.3, 0.4) is 0 Å². The molecule has 0 aliphatic carbocycles. The van der Waals surface area contributed by atoms with Crippen LogP contribution in [0.4, 0.5) is 0 Å². The molecular weight excluding hydrogens is 416 g/mol. The van der Waals surface area contributed by atoms with Crippen molar-refractivity contribution in [2.75, 3.05) is 26.2 Å². The summed E-state index contributed by atoms with van der Waals surface area (Å²) in [5.41, 5.74) is 5.28. The molecule has 2 aromatic carbocycles. The fraction of sp³-hybridized carbons (Fsp3) is 0.360. The number of carbonyl (C=O) groups excluding carboxylic acids is 2. The van der Waals surface area contributed by atoms with Crippen LogP contribution >= 0.6 is 0 Å². The second-order valence-electron chi connectivity index (χ2n) is 8.89. The van der Waals surface area contributed by atoms with E-state index >= 15 is 0 Å². The molecule has 8 nitrogen and oxygen atoms in total. The summed E-state index contributed by atoms with van der Waals surface area (Å²) < 4.78 is 1.56. The van der Waals surface area contributed by atoms with E-state index in [4.69, 9.17) is 0 Å². The topological polar surface area (TPSA) is 83.4 Å². The van der Waals surface area contributed by atoms with Crippen LogP contribution in [0.5, 0.6) is 0 Å². The highest BCUT2D eigenvalue weighted by atomic mass is 16.2. The average Bonchev–Trinajstić information content (AvgIpc) is 3.27. The first-order valence-electron chi connectivity index (χ1n) is 11.4. The second kappa shape index (κ2) is 8.78. The molecule has 2 aliphatic heterocycles. The number of nitrogens with zero attached hydrogens (tertiary/aromatic N) is 5. The van der Waals surface area contributed by atoms with Gasteiger partial charge in [-0.25, -0.2) is 4.68 Å². The van der Waals surface area contributed by atoms with E-state index in [1.165, 1.54) is 16.7 Å². The van der Waals surface area contributed by atoms with Gasteiger partial charge in [0.15, 0.2) is 11.4 Å². The van der Waals surface area contributed by atoms with Gasteiger partial charge >= 0.3 is 0 Å². The molecule has 0 radical (unpaired) electrons. The minimum absolute atomic E-state index is 0.140. The van der Waals surface area contributed by atoms with Gasteiger partial charge in [0.2, 0.25) is 0 Å². The van der Waals surface area contributed by atoms with Gasteiger partial charge in [-0.2, -0.15) is 0 Å². The Morgan fingerprint density at radius 1 is 1.03 bits per heavy atom. The zero-order chi connectivity index (χ0) is 22.9. The number of aromatic nitrogens is 3. The SMILES string of the molecule is Cc1ccc(CN2CCN(C(=O)c3nnn4c3C(=O)N[C@@H](c3ccccc3)C4)CC2)cc1C. The first-order valence-corrected chi connectivity index (χ1v) is 11.4. The number of aryl methyl sites for hydroxylation is 2. The maximum atomic E-state index is 13.2. The first kappa shape index (κ1) is 21.3. The number of hydrogen-bond donors (Lipinski definition) is 1. The maximum Gasteiger partial charge on any atom is 0.276 e. The highest BCUT2D eigenvalue weighted by molar-refractivity contribution is 6.05. The zero-order valence-corrected chi connectivity index (χ0v) is 19.0. The van der Waals surface area contributed by atoms with Gasteiger partial charge in [0.05, 0.1) is 12.6 Å². The van der Waals surface area contributed by atoms with E-state index in [1.54, 1.807) is 9.58 Å². The molecule has 1 fully saturated rings. The predicted octanol–water partition coefficient (Wildman–Crippen LogP) is 2.34. The third-order valence-corrected chi connectivity index (χ3v) is 6.65. The number of hydrogen-bond acceptors (Lipinski definition) is 5. The zero-order valence-electron chi connectivity index (χ0n) is 19.0. The summed E-state index contributed by atoms with van der Waals surface area (Å²) in [5.74, 6) is -0.535. The van der Waals surface area contributed by atoms with E-state index in [9.17, 15) is 9.59 Å². The lowest BCUT2D eigenvalue weighted by Gasteiger charge is -2.34. The summed E-state index contributed by atoms with van der Waals surface area (Å²) in [6.45, 7) is 8.34. The van der Waals surface area contributed by atoms with E-state index in [0.29, 0.717) is 19.6 Å². The molecule has 0 bridgehead atoms. The van der Waals surface area contributed by atoms with Gasteiger partial charge in [0.1, 0.15) is 0 Å². The van der Waals surface area contributed by atoms with Crippen molar-refractivity contribution < 1.29 is 9.59 Å². The second-order valence-corrected chi connectivity index (χ2v) is 8.89. The van der Waals surface area contributed by atoms with E-state index in [-0.39, 0.29) is 29.2 Å². The van der Waals surface area contributed by atoms with Gasteiger partial charge < -0.3 is 10.2 Å². The van der Waals surface area contributed by atoms with Crippen molar-refractivity contribution in [2.24, 2.45) is 0 Å². The molecule has 5 rings (SSSR count). The van der Waals surface area contributed by atoms with E-state index in [0.717, 1.165) is 25.2 Å². The predicted molar refractivity (Wildman–Crippen MR) is 124 cm³/mol. The maximum absolute atomic E-state index is 13.2. The number of piperazine rings is 1. The van der Waals surface area contributed by atoms with Crippen LogP contribution in [0.2, 0.25) is 0 Å². The van der Waals surface area contributed by atoms with E-state index < -0.39 is 0 Å². The summed E-state index contributed by atoms with van der Waals surface area (Å²) in [6, 6.07) is 16.1. The molecule has 0 saturated carbocycles. The van der Waals surface area contributed by atoms with Crippen molar-refractivity contribution >= 4 is 11.8 Å². The molecule has 1 N–H and O–H groups in total. The van der Waals surface area contributed by atoms with E-state index in [1.807, 2.05) is 30.3 Å². The van der Waals surface area contributed by atoms with Gasteiger partial charge in [-0.15, -0.1) is 5.10 Å². The number of rotatable bonds is 4. The Morgan fingerprint density at radius 2 is 1.79 bits per heavy atom. The molecule has 1 atom stereocenters. The van der Waals surface area contributed by atoms with Crippen molar-refractivity contribution in [2.45, 2.75) is 33.0 Å². The van der Waals surface area contributed by atoms with Crippen LogP contribution in [0, 0.1) is 13.8 Å². The summed E-state index contributed by atoms with van der Waals surface area (Å²) in [5, 5.41) is 11.2. The normalized spacial score (nSPS) is 18.7. The Morgan fingerprint density at radius 3 is 2.52 bits per heavy atom. The highest BCUT2D eigenvalue weighted by Gasteiger charge is 2.35. The molecule has 2 amide bonds. The average molecular weight is 445 g/mol. The van der Waals surface area contributed by atoms with Gasteiger partial charge in [-0.05, 0) is 36.1 Å². The first-order chi connectivity index (χ1) is 16.0. The molecule has 3 aromatic rings. The Labute approximate surface area is 193 Å². The third-order valence-electron chi connectivity index (χ3n) is 6.65. The van der Waals surface area contributed by atoms with Gasteiger partial charge in [-0.3, -0.25) is 14.5 Å². The largest absolute Gasteiger partial charge is 0.342 e.